The van der Waals surface area contributed by atoms with Gasteiger partial charge in [-0.2, -0.15) is 0 Å². The molecule has 7 heteroatoms. The van der Waals surface area contributed by atoms with E-state index in [4.69, 9.17) is 15.9 Å². The van der Waals surface area contributed by atoms with Gasteiger partial charge in [0.1, 0.15) is 0 Å². The standard InChI is InChI=1S/C11H20N2O5/c1-7(11(17)18)3-2-6-13-10(16)8(12)4-5-9(14)15/h7-8H,2-6,12H2,1H3,(H,13,16)(H,14,15)(H,17,18). The second kappa shape index (κ2) is 8.46. The third-order valence-corrected chi connectivity index (χ3v) is 2.54. The summed E-state index contributed by atoms with van der Waals surface area (Å²) in [6.45, 7) is 1.94. The van der Waals surface area contributed by atoms with E-state index < -0.39 is 29.8 Å². The molecule has 0 heterocycles. The molecule has 0 aromatic rings. The van der Waals surface area contributed by atoms with E-state index in [2.05, 4.69) is 5.32 Å². The molecule has 0 aliphatic carbocycles. The van der Waals surface area contributed by atoms with Gasteiger partial charge in [0.2, 0.25) is 5.91 Å². The van der Waals surface area contributed by atoms with Crippen molar-refractivity contribution in [2.75, 3.05) is 6.54 Å². The van der Waals surface area contributed by atoms with Crippen LogP contribution in [0.4, 0.5) is 0 Å². The number of hydrogen-bond acceptors (Lipinski definition) is 4. The summed E-state index contributed by atoms with van der Waals surface area (Å²) in [6.07, 6.45) is 0.960. The Morgan fingerprint density at radius 2 is 1.83 bits per heavy atom. The van der Waals surface area contributed by atoms with Crippen LogP contribution in [0.15, 0.2) is 0 Å². The number of carbonyl (C=O) groups excluding carboxylic acids is 1. The highest BCUT2D eigenvalue weighted by Gasteiger charge is 2.15. The molecule has 0 rings (SSSR count). The number of carbonyl (C=O) groups is 3. The van der Waals surface area contributed by atoms with Gasteiger partial charge in [0, 0.05) is 13.0 Å². The zero-order valence-corrected chi connectivity index (χ0v) is 10.4. The Balaban J connectivity index is 3.70. The molecule has 0 aromatic carbocycles. The highest BCUT2D eigenvalue weighted by Crippen LogP contribution is 2.04. The van der Waals surface area contributed by atoms with Gasteiger partial charge in [-0.3, -0.25) is 14.4 Å². The lowest BCUT2D eigenvalue weighted by atomic mass is 10.1. The molecule has 1 amide bonds. The SMILES string of the molecule is CC(CCCNC(=O)C(N)CCC(=O)O)C(=O)O. The summed E-state index contributed by atoms with van der Waals surface area (Å²) in [5, 5.41) is 19.6. The molecule has 0 aliphatic rings. The molecule has 0 aromatic heterocycles. The van der Waals surface area contributed by atoms with E-state index in [0.29, 0.717) is 19.4 Å². The first-order valence-electron chi connectivity index (χ1n) is 5.82. The number of nitrogens with two attached hydrogens (primary N) is 1. The maximum Gasteiger partial charge on any atom is 0.306 e. The van der Waals surface area contributed by atoms with E-state index in [9.17, 15) is 14.4 Å². The predicted octanol–water partition coefficient (Wildman–Crippen LogP) is -0.204. The van der Waals surface area contributed by atoms with Gasteiger partial charge in [-0.1, -0.05) is 6.92 Å². The lowest BCUT2D eigenvalue weighted by Gasteiger charge is -2.11. The van der Waals surface area contributed by atoms with E-state index in [1.54, 1.807) is 6.92 Å². The number of rotatable bonds is 9. The maximum absolute atomic E-state index is 11.4. The van der Waals surface area contributed by atoms with Crippen molar-refractivity contribution in [2.45, 2.75) is 38.6 Å². The molecule has 0 radical (unpaired) electrons. The lowest BCUT2D eigenvalue weighted by molar-refractivity contribution is -0.141. The molecule has 0 aliphatic heterocycles. The summed E-state index contributed by atoms with van der Waals surface area (Å²) < 4.78 is 0. The fourth-order valence-corrected chi connectivity index (χ4v) is 1.28. The van der Waals surface area contributed by atoms with E-state index >= 15 is 0 Å². The highest BCUT2D eigenvalue weighted by atomic mass is 16.4. The Morgan fingerprint density at radius 1 is 1.22 bits per heavy atom. The molecule has 0 spiro atoms. The van der Waals surface area contributed by atoms with Crippen LogP contribution in [0, 0.1) is 5.92 Å². The van der Waals surface area contributed by atoms with Crippen molar-refractivity contribution in [1.29, 1.82) is 0 Å². The zero-order valence-electron chi connectivity index (χ0n) is 10.4. The molecule has 0 bridgehead atoms. The molecule has 18 heavy (non-hydrogen) atoms. The monoisotopic (exact) mass is 260 g/mol. The van der Waals surface area contributed by atoms with E-state index in [1.807, 2.05) is 0 Å². The van der Waals surface area contributed by atoms with Crippen LogP contribution in [0.3, 0.4) is 0 Å². The molecule has 0 saturated heterocycles. The lowest BCUT2D eigenvalue weighted by Crippen LogP contribution is -2.41. The van der Waals surface area contributed by atoms with Crippen LogP contribution >= 0.6 is 0 Å². The highest BCUT2D eigenvalue weighted by molar-refractivity contribution is 5.82. The molecular formula is C11H20N2O5. The van der Waals surface area contributed by atoms with Gasteiger partial charge in [-0.05, 0) is 19.3 Å². The number of carboxylic acid groups (broad SMARTS) is 2. The molecule has 2 atom stereocenters. The Hall–Kier alpha value is -1.63. The molecule has 0 saturated carbocycles. The van der Waals surface area contributed by atoms with Crippen molar-refractivity contribution < 1.29 is 24.6 Å². The van der Waals surface area contributed by atoms with Crippen molar-refractivity contribution in [3.8, 4) is 0 Å². The van der Waals surface area contributed by atoms with E-state index in [-0.39, 0.29) is 12.8 Å². The average Bonchev–Trinajstić information content (AvgIpc) is 2.30. The molecule has 7 nitrogen and oxygen atoms in total. The second-order valence-electron chi connectivity index (χ2n) is 4.21. The minimum atomic E-state index is -0.992. The number of aliphatic carboxylic acids is 2. The van der Waals surface area contributed by atoms with E-state index in [0.717, 1.165) is 0 Å². The molecule has 5 N–H and O–H groups in total. The van der Waals surface area contributed by atoms with Crippen molar-refractivity contribution >= 4 is 17.8 Å². The van der Waals surface area contributed by atoms with Gasteiger partial charge >= 0.3 is 11.9 Å². The van der Waals surface area contributed by atoms with Crippen LogP contribution in [-0.4, -0.2) is 40.6 Å². The number of nitrogens with one attached hydrogen (secondary N) is 1. The van der Waals surface area contributed by atoms with Gasteiger partial charge < -0.3 is 21.3 Å². The van der Waals surface area contributed by atoms with Crippen molar-refractivity contribution in [3.63, 3.8) is 0 Å². The predicted molar refractivity (Wildman–Crippen MR) is 63.9 cm³/mol. The largest absolute Gasteiger partial charge is 0.481 e. The maximum atomic E-state index is 11.4. The second-order valence-corrected chi connectivity index (χ2v) is 4.21. The first-order valence-corrected chi connectivity index (χ1v) is 5.82. The molecule has 2 unspecified atom stereocenters. The summed E-state index contributed by atoms with van der Waals surface area (Å²) in [5.41, 5.74) is 5.49. The Kier molecular flexibility index (Phi) is 7.69. The quantitative estimate of drug-likeness (QED) is 0.425. The van der Waals surface area contributed by atoms with Gasteiger partial charge in [0.05, 0.1) is 12.0 Å². The minimum Gasteiger partial charge on any atom is -0.481 e. The smallest absolute Gasteiger partial charge is 0.306 e. The summed E-state index contributed by atoms with van der Waals surface area (Å²) in [7, 11) is 0. The Bertz CT molecular complexity index is 306. The average molecular weight is 260 g/mol. The number of amides is 1. The summed E-state index contributed by atoms with van der Waals surface area (Å²) in [5.74, 6) is -2.70. The van der Waals surface area contributed by atoms with Crippen LogP contribution in [0.5, 0.6) is 0 Å². The number of hydrogen-bond donors (Lipinski definition) is 4. The Labute approximate surface area is 105 Å². The van der Waals surface area contributed by atoms with Crippen LogP contribution in [-0.2, 0) is 14.4 Å². The van der Waals surface area contributed by atoms with Gasteiger partial charge in [-0.15, -0.1) is 0 Å². The van der Waals surface area contributed by atoms with Crippen LogP contribution in [0.25, 0.3) is 0 Å². The van der Waals surface area contributed by atoms with Crippen LogP contribution < -0.4 is 11.1 Å². The minimum absolute atomic E-state index is 0.0900. The van der Waals surface area contributed by atoms with Gasteiger partial charge in [0.25, 0.3) is 0 Å². The van der Waals surface area contributed by atoms with E-state index in [1.165, 1.54) is 0 Å². The first-order chi connectivity index (χ1) is 8.34. The number of carboxylic acids is 2. The summed E-state index contributed by atoms with van der Waals surface area (Å²) >= 11 is 0. The van der Waals surface area contributed by atoms with Gasteiger partial charge in [0.15, 0.2) is 0 Å². The molecule has 104 valence electrons. The van der Waals surface area contributed by atoms with Crippen molar-refractivity contribution in [2.24, 2.45) is 11.7 Å². The fraction of sp³-hybridized carbons (Fsp3) is 0.727. The summed E-state index contributed by atoms with van der Waals surface area (Å²) in [4.78, 5) is 32.2. The first kappa shape index (κ1) is 16.4. The Morgan fingerprint density at radius 3 is 2.33 bits per heavy atom. The normalized spacial score (nSPS) is 13.7. The molecule has 0 fully saturated rings. The molecular weight excluding hydrogens is 240 g/mol. The fourth-order valence-electron chi connectivity index (χ4n) is 1.28. The van der Waals surface area contributed by atoms with Crippen molar-refractivity contribution in [3.05, 3.63) is 0 Å². The summed E-state index contributed by atoms with van der Waals surface area (Å²) in [6, 6.07) is -0.835. The van der Waals surface area contributed by atoms with Crippen LogP contribution in [0.1, 0.15) is 32.6 Å². The topological polar surface area (TPSA) is 130 Å². The van der Waals surface area contributed by atoms with Crippen LogP contribution in [0.2, 0.25) is 0 Å². The zero-order chi connectivity index (χ0) is 14.1. The third kappa shape index (κ3) is 7.61. The van der Waals surface area contributed by atoms with Crippen molar-refractivity contribution in [1.82, 2.24) is 5.32 Å². The van der Waals surface area contributed by atoms with Gasteiger partial charge in [-0.25, -0.2) is 0 Å². The third-order valence-electron chi connectivity index (χ3n) is 2.54.